The summed E-state index contributed by atoms with van der Waals surface area (Å²) >= 11 is 3.41. The SMILES string of the molecule is CC(N)c1ccc(Br)cc1N1CCC(C(F)(F)F)CC1. The topological polar surface area (TPSA) is 29.3 Å². The standard InChI is InChI=1S/C14H18BrF3N2/c1-9(19)12-3-2-11(15)8-13(12)20-6-4-10(5-7-20)14(16,17)18/h2-3,8-10H,4-7,19H2,1H3. The van der Waals surface area contributed by atoms with E-state index in [1.165, 1.54) is 0 Å². The number of hydrogen-bond donors (Lipinski definition) is 1. The molecule has 0 aliphatic carbocycles. The molecule has 2 rings (SSSR count). The summed E-state index contributed by atoms with van der Waals surface area (Å²) in [6, 6.07) is 5.63. The van der Waals surface area contributed by atoms with Crippen molar-refractivity contribution in [3.8, 4) is 0 Å². The highest BCUT2D eigenvalue weighted by atomic mass is 79.9. The lowest BCUT2D eigenvalue weighted by Crippen LogP contribution is -2.39. The van der Waals surface area contributed by atoms with E-state index in [2.05, 4.69) is 15.9 Å². The fraction of sp³-hybridized carbons (Fsp3) is 0.571. The van der Waals surface area contributed by atoms with Gasteiger partial charge in [-0.15, -0.1) is 0 Å². The second-order valence-electron chi connectivity index (χ2n) is 5.29. The van der Waals surface area contributed by atoms with Crippen LogP contribution in [0.1, 0.15) is 31.4 Å². The van der Waals surface area contributed by atoms with E-state index in [0.29, 0.717) is 13.1 Å². The van der Waals surface area contributed by atoms with Crippen LogP contribution in [0.15, 0.2) is 22.7 Å². The van der Waals surface area contributed by atoms with E-state index in [1.54, 1.807) is 0 Å². The van der Waals surface area contributed by atoms with Crippen molar-refractivity contribution in [2.75, 3.05) is 18.0 Å². The van der Waals surface area contributed by atoms with E-state index in [4.69, 9.17) is 5.73 Å². The van der Waals surface area contributed by atoms with Gasteiger partial charge >= 0.3 is 6.18 Å². The molecule has 2 N–H and O–H groups in total. The summed E-state index contributed by atoms with van der Waals surface area (Å²) in [5.74, 6) is -1.18. The molecule has 1 aliphatic heterocycles. The minimum Gasteiger partial charge on any atom is -0.371 e. The van der Waals surface area contributed by atoms with Gasteiger partial charge in [0.25, 0.3) is 0 Å². The van der Waals surface area contributed by atoms with Crippen LogP contribution in [0.3, 0.4) is 0 Å². The molecule has 1 atom stereocenters. The van der Waals surface area contributed by atoms with E-state index < -0.39 is 12.1 Å². The fourth-order valence-corrected chi connectivity index (χ4v) is 2.97. The summed E-state index contributed by atoms with van der Waals surface area (Å²) in [5, 5.41) is 0. The highest BCUT2D eigenvalue weighted by Gasteiger charge is 2.41. The summed E-state index contributed by atoms with van der Waals surface area (Å²) in [4.78, 5) is 2.01. The lowest BCUT2D eigenvalue weighted by Gasteiger charge is -2.36. The molecule has 0 radical (unpaired) electrons. The van der Waals surface area contributed by atoms with Gasteiger partial charge in [-0.25, -0.2) is 0 Å². The number of halogens is 4. The Labute approximate surface area is 125 Å². The smallest absolute Gasteiger partial charge is 0.371 e. The van der Waals surface area contributed by atoms with E-state index in [9.17, 15) is 13.2 Å². The molecule has 1 aromatic carbocycles. The van der Waals surface area contributed by atoms with E-state index in [1.807, 2.05) is 30.0 Å². The molecular formula is C14H18BrF3N2. The Hall–Kier alpha value is -0.750. The van der Waals surface area contributed by atoms with Crippen molar-refractivity contribution in [2.24, 2.45) is 11.7 Å². The summed E-state index contributed by atoms with van der Waals surface area (Å²) in [6.07, 6.45) is -3.78. The van der Waals surface area contributed by atoms with Crippen LogP contribution in [-0.4, -0.2) is 19.3 Å². The van der Waals surface area contributed by atoms with E-state index in [0.717, 1.165) is 15.7 Å². The number of nitrogens with zero attached hydrogens (tertiary/aromatic N) is 1. The zero-order valence-electron chi connectivity index (χ0n) is 11.3. The van der Waals surface area contributed by atoms with Gasteiger partial charge in [0.2, 0.25) is 0 Å². The Balaban J connectivity index is 2.16. The predicted octanol–water partition coefficient (Wildman–Crippen LogP) is 4.25. The van der Waals surface area contributed by atoms with Crippen LogP contribution in [0, 0.1) is 5.92 Å². The van der Waals surface area contributed by atoms with Gasteiger partial charge in [0.15, 0.2) is 0 Å². The van der Waals surface area contributed by atoms with Gasteiger partial charge in [0.05, 0.1) is 5.92 Å². The Morgan fingerprint density at radius 2 is 1.90 bits per heavy atom. The third kappa shape index (κ3) is 3.47. The summed E-state index contributed by atoms with van der Waals surface area (Å²) in [5.41, 5.74) is 7.86. The first-order valence-corrected chi connectivity index (χ1v) is 7.45. The average molecular weight is 351 g/mol. The largest absolute Gasteiger partial charge is 0.391 e. The van der Waals surface area contributed by atoms with Gasteiger partial charge in [-0.05, 0) is 37.5 Å². The molecule has 1 heterocycles. The summed E-state index contributed by atoms with van der Waals surface area (Å²) in [6.45, 7) is 2.72. The molecule has 0 saturated carbocycles. The predicted molar refractivity (Wildman–Crippen MR) is 77.7 cm³/mol. The molecule has 1 saturated heterocycles. The first kappa shape index (κ1) is 15.6. The van der Waals surface area contributed by atoms with Crippen molar-refractivity contribution in [2.45, 2.75) is 32.0 Å². The van der Waals surface area contributed by atoms with Crippen LogP contribution in [0.2, 0.25) is 0 Å². The van der Waals surface area contributed by atoms with Gasteiger partial charge in [-0.1, -0.05) is 22.0 Å². The minimum absolute atomic E-state index is 0.140. The van der Waals surface area contributed by atoms with E-state index >= 15 is 0 Å². The quantitative estimate of drug-likeness (QED) is 0.863. The monoisotopic (exact) mass is 350 g/mol. The number of anilines is 1. The molecule has 1 aliphatic rings. The number of nitrogens with two attached hydrogens (primary N) is 1. The van der Waals surface area contributed by atoms with Crippen LogP contribution in [0.5, 0.6) is 0 Å². The fourth-order valence-electron chi connectivity index (χ4n) is 2.62. The maximum Gasteiger partial charge on any atom is 0.391 e. The van der Waals surface area contributed by atoms with Gasteiger partial charge in [0, 0.05) is 29.3 Å². The maximum atomic E-state index is 12.7. The molecule has 0 aromatic heterocycles. The number of piperidine rings is 1. The molecule has 6 heteroatoms. The van der Waals surface area contributed by atoms with Crippen LogP contribution >= 0.6 is 15.9 Å². The van der Waals surface area contributed by atoms with Crippen molar-refractivity contribution >= 4 is 21.6 Å². The lowest BCUT2D eigenvalue weighted by atomic mass is 9.95. The molecule has 0 spiro atoms. The summed E-state index contributed by atoms with van der Waals surface area (Å²) in [7, 11) is 0. The van der Waals surface area contributed by atoms with Gasteiger partial charge in [-0.2, -0.15) is 13.2 Å². The van der Waals surface area contributed by atoms with Crippen molar-refractivity contribution in [3.05, 3.63) is 28.2 Å². The second-order valence-corrected chi connectivity index (χ2v) is 6.21. The number of hydrogen-bond acceptors (Lipinski definition) is 2. The van der Waals surface area contributed by atoms with Crippen LogP contribution in [0.4, 0.5) is 18.9 Å². The molecule has 20 heavy (non-hydrogen) atoms. The third-order valence-electron chi connectivity index (χ3n) is 3.78. The van der Waals surface area contributed by atoms with Gasteiger partial charge in [-0.3, -0.25) is 0 Å². The van der Waals surface area contributed by atoms with Gasteiger partial charge < -0.3 is 10.6 Å². The van der Waals surface area contributed by atoms with Crippen molar-refractivity contribution in [3.63, 3.8) is 0 Å². The van der Waals surface area contributed by atoms with Crippen molar-refractivity contribution in [1.82, 2.24) is 0 Å². The van der Waals surface area contributed by atoms with Crippen LogP contribution in [-0.2, 0) is 0 Å². The normalized spacial score (nSPS) is 19.2. The Morgan fingerprint density at radius 1 is 1.30 bits per heavy atom. The lowest BCUT2D eigenvalue weighted by molar-refractivity contribution is -0.179. The zero-order valence-corrected chi connectivity index (χ0v) is 12.8. The maximum absolute atomic E-state index is 12.7. The molecule has 2 nitrogen and oxygen atoms in total. The Bertz CT molecular complexity index is 466. The summed E-state index contributed by atoms with van der Waals surface area (Å²) < 4.78 is 39.0. The van der Waals surface area contributed by atoms with Crippen LogP contribution in [0.25, 0.3) is 0 Å². The number of alkyl halides is 3. The Kier molecular flexibility index (Phi) is 4.64. The minimum atomic E-state index is -4.08. The highest BCUT2D eigenvalue weighted by Crippen LogP contribution is 2.37. The number of rotatable bonds is 2. The first-order valence-electron chi connectivity index (χ1n) is 6.65. The highest BCUT2D eigenvalue weighted by molar-refractivity contribution is 9.10. The molecule has 112 valence electrons. The molecule has 1 unspecified atom stereocenters. The molecule has 1 fully saturated rings. The molecule has 0 bridgehead atoms. The Morgan fingerprint density at radius 3 is 2.40 bits per heavy atom. The van der Waals surface area contributed by atoms with E-state index in [-0.39, 0.29) is 18.9 Å². The molecule has 1 aromatic rings. The van der Waals surface area contributed by atoms with Crippen molar-refractivity contribution in [1.29, 1.82) is 0 Å². The van der Waals surface area contributed by atoms with Crippen molar-refractivity contribution < 1.29 is 13.2 Å². The average Bonchev–Trinajstić information content (AvgIpc) is 2.37. The third-order valence-corrected chi connectivity index (χ3v) is 4.27. The second kappa shape index (κ2) is 5.93. The zero-order chi connectivity index (χ0) is 14.9. The van der Waals surface area contributed by atoms with Gasteiger partial charge in [0.1, 0.15) is 0 Å². The number of benzene rings is 1. The van der Waals surface area contributed by atoms with Crippen LogP contribution < -0.4 is 10.6 Å². The first-order chi connectivity index (χ1) is 9.29. The molecular weight excluding hydrogens is 333 g/mol. The molecule has 0 amide bonds.